The Kier molecular flexibility index (Phi) is 5.90. The molecule has 4 heterocycles. The molecule has 0 N–H and O–H groups in total. The van der Waals surface area contributed by atoms with E-state index in [-0.39, 0.29) is 24.4 Å². The molecule has 1 atom stereocenters. The molecule has 170 valence electrons. The minimum atomic E-state index is -0.193. The number of carbonyl (C=O) groups excluding carboxylic acids is 2. The van der Waals surface area contributed by atoms with Crippen LogP contribution in [0.5, 0.6) is 0 Å². The van der Waals surface area contributed by atoms with Crippen molar-refractivity contribution in [2.75, 3.05) is 11.4 Å². The van der Waals surface area contributed by atoms with Crippen LogP contribution in [-0.2, 0) is 29.1 Å². The highest BCUT2D eigenvalue weighted by Crippen LogP contribution is 2.34. The number of nitrogens with zero attached hydrogens (tertiary/aromatic N) is 6. The van der Waals surface area contributed by atoms with Gasteiger partial charge >= 0.3 is 0 Å². The normalized spacial score (nSPS) is 18.3. The fraction of sp³-hybridized carbons (Fsp3) is 0.400. The second-order valence-corrected chi connectivity index (χ2v) is 8.74. The molecule has 2 aromatic heterocycles. The average Bonchev–Trinajstić information content (AvgIpc) is 3.34. The van der Waals surface area contributed by atoms with E-state index in [1.165, 1.54) is 0 Å². The Labute approximate surface area is 193 Å². The van der Waals surface area contributed by atoms with Crippen molar-refractivity contribution < 1.29 is 9.59 Å². The lowest BCUT2D eigenvalue weighted by molar-refractivity contribution is -0.136. The minimum absolute atomic E-state index is 0.0135. The van der Waals surface area contributed by atoms with E-state index in [0.717, 1.165) is 36.1 Å². The summed E-state index contributed by atoms with van der Waals surface area (Å²) in [6.07, 6.45) is 7.38. The number of benzene rings is 1. The summed E-state index contributed by atoms with van der Waals surface area (Å²) >= 11 is 0. The van der Waals surface area contributed by atoms with E-state index in [1.54, 1.807) is 22.0 Å². The molecule has 2 aliphatic rings. The van der Waals surface area contributed by atoms with Crippen LogP contribution in [0.4, 0.5) is 5.82 Å². The summed E-state index contributed by atoms with van der Waals surface area (Å²) in [5.74, 6) is 1.42. The predicted molar refractivity (Wildman–Crippen MR) is 123 cm³/mol. The van der Waals surface area contributed by atoms with Crippen LogP contribution >= 0.6 is 0 Å². The fourth-order valence-electron chi connectivity index (χ4n) is 4.80. The number of hydrogen-bond acceptors (Lipinski definition) is 5. The molecule has 0 unspecified atom stereocenters. The third-order valence-electron chi connectivity index (χ3n) is 6.52. The van der Waals surface area contributed by atoms with Crippen molar-refractivity contribution in [3.05, 3.63) is 71.4 Å². The Balaban J connectivity index is 1.47. The van der Waals surface area contributed by atoms with E-state index >= 15 is 0 Å². The molecule has 1 fully saturated rings. The summed E-state index contributed by atoms with van der Waals surface area (Å²) < 4.78 is 1.65. The number of piperidine rings is 1. The number of hydrogen-bond donors (Lipinski definition) is 0. The second kappa shape index (κ2) is 9.13. The van der Waals surface area contributed by atoms with Gasteiger partial charge < -0.3 is 4.90 Å². The van der Waals surface area contributed by atoms with Gasteiger partial charge in [0.05, 0.1) is 12.6 Å². The lowest BCUT2D eigenvalue weighted by atomic mass is 9.99. The molecule has 8 nitrogen and oxygen atoms in total. The van der Waals surface area contributed by atoms with Gasteiger partial charge in [-0.25, -0.2) is 9.97 Å². The van der Waals surface area contributed by atoms with Crippen LogP contribution in [0.25, 0.3) is 0 Å². The first-order valence-electron chi connectivity index (χ1n) is 11.6. The van der Waals surface area contributed by atoms with E-state index in [4.69, 9.17) is 9.97 Å². The van der Waals surface area contributed by atoms with Gasteiger partial charge in [-0.1, -0.05) is 30.3 Å². The van der Waals surface area contributed by atoms with Gasteiger partial charge in [-0.2, -0.15) is 5.10 Å². The Morgan fingerprint density at radius 2 is 1.94 bits per heavy atom. The first-order valence-corrected chi connectivity index (χ1v) is 11.6. The van der Waals surface area contributed by atoms with Crippen molar-refractivity contribution in [1.29, 1.82) is 0 Å². The average molecular weight is 445 g/mol. The Bertz CT molecular complexity index is 1150. The number of rotatable bonds is 5. The summed E-state index contributed by atoms with van der Waals surface area (Å²) in [5, 5.41) is 4.17. The summed E-state index contributed by atoms with van der Waals surface area (Å²) in [5.41, 5.74) is 2.98. The Morgan fingerprint density at radius 3 is 2.73 bits per heavy atom. The first-order chi connectivity index (χ1) is 16.1. The molecule has 1 saturated heterocycles. The van der Waals surface area contributed by atoms with Crippen molar-refractivity contribution in [1.82, 2.24) is 24.6 Å². The molecular formula is C25H28N6O2. The molecule has 0 aliphatic carbocycles. The zero-order valence-electron chi connectivity index (χ0n) is 18.9. The molecule has 0 bridgehead atoms. The third kappa shape index (κ3) is 4.37. The van der Waals surface area contributed by atoms with Gasteiger partial charge in [0.1, 0.15) is 12.4 Å². The second-order valence-electron chi connectivity index (χ2n) is 8.74. The van der Waals surface area contributed by atoms with E-state index in [9.17, 15) is 9.59 Å². The minimum Gasteiger partial charge on any atom is -0.331 e. The van der Waals surface area contributed by atoms with Crippen LogP contribution in [0.2, 0.25) is 0 Å². The van der Waals surface area contributed by atoms with Crippen molar-refractivity contribution in [3.8, 4) is 0 Å². The quantitative estimate of drug-likeness (QED) is 0.603. The summed E-state index contributed by atoms with van der Waals surface area (Å²) in [7, 11) is 0. The molecule has 3 aromatic rings. The zero-order chi connectivity index (χ0) is 22.8. The molecule has 5 rings (SSSR count). The number of aryl methyl sites for hydroxylation is 1. The highest BCUT2D eigenvalue weighted by molar-refractivity contribution is 5.95. The standard InChI is InChI=1S/C25H28N6O2/c1-18-20-11-12-22(32)31(16-19-8-3-2-4-9-19)25(20)28-24(27-18)21-10-5-6-15-30(21)23(33)17-29-14-7-13-26-29/h2-4,7-9,13-14,21H,5-6,10-12,15-17H2,1H3/t21-/m0/s1. The van der Waals surface area contributed by atoms with Crippen LogP contribution in [-0.4, -0.2) is 43.0 Å². The van der Waals surface area contributed by atoms with Crippen molar-refractivity contribution in [2.45, 2.75) is 58.2 Å². The van der Waals surface area contributed by atoms with E-state index in [0.29, 0.717) is 37.6 Å². The topological polar surface area (TPSA) is 84.2 Å². The van der Waals surface area contributed by atoms with Gasteiger partial charge in [-0.05, 0) is 44.2 Å². The molecule has 33 heavy (non-hydrogen) atoms. The highest BCUT2D eigenvalue weighted by atomic mass is 16.2. The third-order valence-corrected chi connectivity index (χ3v) is 6.52. The fourth-order valence-corrected chi connectivity index (χ4v) is 4.80. The van der Waals surface area contributed by atoms with E-state index in [1.807, 2.05) is 48.2 Å². The van der Waals surface area contributed by atoms with Crippen LogP contribution in [0.1, 0.15) is 54.4 Å². The highest BCUT2D eigenvalue weighted by Gasteiger charge is 2.34. The smallest absolute Gasteiger partial charge is 0.244 e. The molecule has 2 aliphatic heterocycles. The van der Waals surface area contributed by atoms with Gasteiger partial charge in [-0.3, -0.25) is 19.2 Å². The predicted octanol–water partition coefficient (Wildman–Crippen LogP) is 3.21. The maximum Gasteiger partial charge on any atom is 0.244 e. The van der Waals surface area contributed by atoms with Crippen molar-refractivity contribution in [2.24, 2.45) is 0 Å². The van der Waals surface area contributed by atoms with Crippen LogP contribution < -0.4 is 4.90 Å². The number of anilines is 1. The number of likely N-dealkylation sites (tertiary alicyclic amines) is 1. The molecule has 0 radical (unpaired) electrons. The van der Waals surface area contributed by atoms with Crippen LogP contribution in [0, 0.1) is 6.92 Å². The summed E-state index contributed by atoms with van der Waals surface area (Å²) in [6.45, 7) is 3.34. The summed E-state index contributed by atoms with van der Waals surface area (Å²) in [4.78, 5) is 39.5. The molecule has 1 aromatic carbocycles. The van der Waals surface area contributed by atoms with Gasteiger partial charge in [0.2, 0.25) is 11.8 Å². The van der Waals surface area contributed by atoms with Gasteiger partial charge in [0.25, 0.3) is 0 Å². The first kappa shape index (κ1) is 21.3. The van der Waals surface area contributed by atoms with Crippen LogP contribution in [0.15, 0.2) is 48.8 Å². The molecule has 8 heteroatoms. The maximum absolute atomic E-state index is 13.1. The molecular weight excluding hydrogens is 416 g/mol. The number of fused-ring (bicyclic) bond motifs is 1. The monoisotopic (exact) mass is 444 g/mol. The Morgan fingerprint density at radius 1 is 1.09 bits per heavy atom. The number of aromatic nitrogens is 4. The SMILES string of the molecule is Cc1nc([C@@H]2CCCCN2C(=O)Cn2cccn2)nc2c1CCC(=O)N2Cc1ccccc1. The van der Waals surface area contributed by atoms with Crippen molar-refractivity contribution in [3.63, 3.8) is 0 Å². The summed E-state index contributed by atoms with van der Waals surface area (Å²) in [6, 6.07) is 11.6. The van der Waals surface area contributed by atoms with Gasteiger partial charge in [0.15, 0.2) is 5.82 Å². The molecule has 2 amide bonds. The Hall–Kier alpha value is -3.55. The number of carbonyl (C=O) groups is 2. The molecule has 0 spiro atoms. The van der Waals surface area contributed by atoms with Gasteiger partial charge in [-0.15, -0.1) is 0 Å². The van der Waals surface area contributed by atoms with Crippen molar-refractivity contribution >= 4 is 17.6 Å². The molecule has 0 saturated carbocycles. The zero-order valence-corrected chi connectivity index (χ0v) is 18.9. The van der Waals surface area contributed by atoms with Gasteiger partial charge in [0, 0.05) is 36.6 Å². The maximum atomic E-state index is 13.1. The lowest BCUT2D eigenvalue weighted by Gasteiger charge is -2.36. The van der Waals surface area contributed by atoms with E-state index < -0.39 is 0 Å². The largest absolute Gasteiger partial charge is 0.331 e. The number of amides is 2. The van der Waals surface area contributed by atoms with Crippen LogP contribution in [0.3, 0.4) is 0 Å². The van der Waals surface area contributed by atoms with E-state index in [2.05, 4.69) is 5.10 Å². The lowest BCUT2D eigenvalue weighted by Crippen LogP contribution is -2.42.